The fourth-order valence-corrected chi connectivity index (χ4v) is 8.42. The van der Waals surface area contributed by atoms with Crippen molar-refractivity contribution >= 4 is 57.1 Å². The Morgan fingerprint density at radius 2 is 1.68 bits per heavy atom. The number of amides is 1. The number of carbonyl (C=O) groups excluding carboxylic acids is 1. The molecular formula is C31H32N3O3S2Si-. The normalized spacial score (nSPS) is 12.5. The van der Waals surface area contributed by atoms with Gasteiger partial charge in [0, 0.05) is 24.1 Å². The monoisotopic (exact) mass is 586 g/mol. The largest absolute Gasteiger partial charge is 0.755 e. The molecule has 0 aliphatic carbocycles. The standard InChI is InChI=1S/C31H33N3O3S2Si/c1-5-11-28-32-26-14-9-10-15-27(26)33(28)21-22-16-18-23(19-17-22)25-20-29(40(2,3)4)38-31(25)34(39(36)37)30(35)24-12-7-6-8-13-24/h6-10,12-20H,5,11,21H2,1-4H3,(H,36,37)/p-1. The Hall–Kier alpha value is -3.37. The van der Waals surface area contributed by atoms with Crippen LogP contribution in [0.25, 0.3) is 22.2 Å². The molecule has 206 valence electrons. The molecule has 3 aromatic carbocycles. The first-order valence-electron chi connectivity index (χ1n) is 13.3. The maximum absolute atomic E-state index is 13.4. The van der Waals surface area contributed by atoms with Gasteiger partial charge in [0.1, 0.15) is 10.8 Å². The molecular weight excluding hydrogens is 555 g/mol. The minimum atomic E-state index is -2.78. The topological polar surface area (TPSA) is 78.3 Å². The molecule has 0 saturated carbocycles. The van der Waals surface area contributed by atoms with Gasteiger partial charge in [0.25, 0.3) is 5.91 Å². The van der Waals surface area contributed by atoms with E-state index in [-0.39, 0.29) is 0 Å². The van der Waals surface area contributed by atoms with Gasteiger partial charge in [-0.25, -0.2) is 9.29 Å². The number of benzene rings is 3. The molecule has 9 heteroatoms. The second kappa shape index (κ2) is 11.6. The number of thiophene rings is 1. The number of para-hydroxylation sites is 2. The van der Waals surface area contributed by atoms with Crippen molar-refractivity contribution < 1.29 is 13.6 Å². The summed E-state index contributed by atoms with van der Waals surface area (Å²) in [5.74, 6) is 0.506. The van der Waals surface area contributed by atoms with Crippen LogP contribution >= 0.6 is 11.3 Å². The number of hydrogen-bond acceptors (Lipinski definition) is 5. The van der Waals surface area contributed by atoms with Crippen LogP contribution in [0.2, 0.25) is 19.6 Å². The number of anilines is 1. The van der Waals surface area contributed by atoms with E-state index in [4.69, 9.17) is 4.98 Å². The van der Waals surface area contributed by atoms with Gasteiger partial charge in [-0.05, 0) is 52.4 Å². The molecule has 0 aliphatic heterocycles. The van der Waals surface area contributed by atoms with Gasteiger partial charge in [0.05, 0.1) is 30.4 Å². The summed E-state index contributed by atoms with van der Waals surface area (Å²) in [6.45, 7) is 9.51. The van der Waals surface area contributed by atoms with Crippen molar-refractivity contribution in [3.8, 4) is 11.1 Å². The highest BCUT2D eigenvalue weighted by Crippen LogP contribution is 2.38. The molecule has 0 fully saturated rings. The summed E-state index contributed by atoms with van der Waals surface area (Å²) in [5.41, 5.74) is 5.19. The Balaban J connectivity index is 1.54. The summed E-state index contributed by atoms with van der Waals surface area (Å²) in [6, 6.07) is 27.0. The number of aryl methyl sites for hydroxylation is 1. The van der Waals surface area contributed by atoms with Crippen molar-refractivity contribution in [3.63, 3.8) is 0 Å². The lowest BCUT2D eigenvalue weighted by molar-refractivity contribution is 0.101. The highest BCUT2D eigenvalue weighted by Gasteiger charge is 2.28. The third-order valence-corrected chi connectivity index (χ3v) is 12.3. The van der Waals surface area contributed by atoms with Gasteiger partial charge in [-0.1, -0.05) is 81.2 Å². The summed E-state index contributed by atoms with van der Waals surface area (Å²) in [6.07, 6.45) is 1.92. The predicted octanol–water partition coefficient (Wildman–Crippen LogP) is 6.75. The van der Waals surface area contributed by atoms with Crippen molar-refractivity contribution in [2.24, 2.45) is 0 Å². The zero-order valence-electron chi connectivity index (χ0n) is 23.1. The third kappa shape index (κ3) is 5.74. The molecule has 1 amide bonds. The van der Waals surface area contributed by atoms with Gasteiger partial charge in [-0.3, -0.25) is 9.00 Å². The van der Waals surface area contributed by atoms with E-state index < -0.39 is 25.2 Å². The molecule has 0 saturated heterocycles. The number of nitrogens with zero attached hydrogens (tertiary/aromatic N) is 3. The van der Waals surface area contributed by atoms with Gasteiger partial charge in [-0.2, -0.15) is 0 Å². The van der Waals surface area contributed by atoms with E-state index in [1.807, 2.05) is 30.3 Å². The molecule has 0 N–H and O–H groups in total. The first-order chi connectivity index (χ1) is 19.2. The van der Waals surface area contributed by atoms with E-state index in [9.17, 15) is 13.6 Å². The highest BCUT2D eigenvalue weighted by atomic mass is 32.2. The molecule has 2 aromatic heterocycles. The maximum Gasteiger partial charge on any atom is 0.270 e. The fraction of sp³-hybridized carbons (Fsp3) is 0.226. The molecule has 5 aromatic rings. The quantitative estimate of drug-likeness (QED) is 0.141. The molecule has 0 radical (unpaired) electrons. The predicted molar refractivity (Wildman–Crippen MR) is 168 cm³/mol. The Morgan fingerprint density at radius 3 is 2.33 bits per heavy atom. The minimum absolute atomic E-state index is 0.325. The first-order valence-corrected chi connectivity index (χ1v) is 18.7. The number of imidazole rings is 1. The maximum atomic E-state index is 13.4. The molecule has 0 bridgehead atoms. The fourth-order valence-electron chi connectivity index (χ4n) is 4.72. The van der Waals surface area contributed by atoms with E-state index in [0.29, 0.717) is 17.1 Å². The minimum Gasteiger partial charge on any atom is -0.755 e. The molecule has 1 unspecified atom stereocenters. The average molecular weight is 587 g/mol. The SMILES string of the molecule is CCCc1nc2ccccc2n1Cc1ccc(-c2cc([Si](C)(C)C)sc2N(C(=O)c2ccccc2)S(=O)[O-])cc1. The van der Waals surface area contributed by atoms with Gasteiger partial charge in [-0.15, -0.1) is 11.3 Å². The van der Waals surface area contributed by atoms with Gasteiger partial charge < -0.3 is 9.12 Å². The lowest BCUT2D eigenvalue weighted by Gasteiger charge is -2.24. The van der Waals surface area contributed by atoms with Crippen LogP contribution < -0.4 is 8.81 Å². The van der Waals surface area contributed by atoms with Crippen LogP contribution in [0.1, 0.15) is 35.1 Å². The van der Waals surface area contributed by atoms with E-state index in [0.717, 1.165) is 55.2 Å². The van der Waals surface area contributed by atoms with Crippen LogP contribution in [-0.2, 0) is 24.2 Å². The molecule has 0 spiro atoms. The van der Waals surface area contributed by atoms with Gasteiger partial charge in [0.15, 0.2) is 0 Å². The molecule has 5 rings (SSSR count). The molecule has 1 atom stereocenters. The van der Waals surface area contributed by atoms with Crippen molar-refractivity contribution in [2.75, 3.05) is 4.31 Å². The lowest BCUT2D eigenvalue weighted by atomic mass is 10.1. The van der Waals surface area contributed by atoms with Crippen LogP contribution in [0.5, 0.6) is 0 Å². The second-order valence-electron chi connectivity index (χ2n) is 10.8. The first kappa shape index (κ1) is 28.2. The van der Waals surface area contributed by atoms with Crippen LogP contribution in [0, 0.1) is 0 Å². The van der Waals surface area contributed by atoms with Crippen molar-refractivity contribution in [1.82, 2.24) is 9.55 Å². The molecule has 2 heterocycles. The average Bonchev–Trinajstić information content (AvgIpc) is 3.52. The van der Waals surface area contributed by atoms with E-state index in [1.165, 1.54) is 11.3 Å². The Morgan fingerprint density at radius 1 is 1.00 bits per heavy atom. The van der Waals surface area contributed by atoms with E-state index in [2.05, 4.69) is 55.4 Å². The number of fused-ring (bicyclic) bond motifs is 1. The zero-order chi connectivity index (χ0) is 28.4. The Bertz CT molecular complexity index is 1670. The summed E-state index contributed by atoms with van der Waals surface area (Å²) in [7, 11) is -1.80. The number of rotatable bonds is 9. The smallest absolute Gasteiger partial charge is 0.270 e. The van der Waals surface area contributed by atoms with Crippen LogP contribution in [0.15, 0.2) is 84.9 Å². The zero-order valence-corrected chi connectivity index (χ0v) is 25.7. The Kier molecular flexibility index (Phi) is 8.18. The van der Waals surface area contributed by atoms with Gasteiger partial charge in [0.2, 0.25) is 0 Å². The summed E-state index contributed by atoms with van der Waals surface area (Å²) >= 11 is -1.38. The number of carbonyl (C=O) groups is 1. The summed E-state index contributed by atoms with van der Waals surface area (Å²) < 4.78 is 29.3. The molecule has 0 aliphatic rings. The van der Waals surface area contributed by atoms with Crippen molar-refractivity contribution in [1.29, 1.82) is 0 Å². The number of aromatic nitrogens is 2. The third-order valence-electron chi connectivity index (χ3n) is 6.80. The van der Waals surface area contributed by atoms with Crippen molar-refractivity contribution in [3.05, 3.63) is 102 Å². The van der Waals surface area contributed by atoms with Crippen LogP contribution in [0.4, 0.5) is 5.00 Å². The van der Waals surface area contributed by atoms with E-state index >= 15 is 0 Å². The molecule has 40 heavy (non-hydrogen) atoms. The summed E-state index contributed by atoms with van der Waals surface area (Å²) in [5, 5.41) is 0.429. The second-order valence-corrected chi connectivity index (χ2v) is 18.0. The highest BCUT2D eigenvalue weighted by molar-refractivity contribution is 7.82. The van der Waals surface area contributed by atoms with E-state index in [1.54, 1.807) is 30.3 Å². The summed E-state index contributed by atoms with van der Waals surface area (Å²) in [4.78, 5) is 18.2. The Labute approximate surface area is 242 Å². The van der Waals surface area contributed by atoms with Crippen LogP contribution in [-0.4, -0.2) is 32.3 Å². The van der Waals surface area contributed by atoms with Crippen LogP contribution in [0.3, 0.4) is 0 Å². The molecule has 6 nitrogen and oxygen atoms in total. The lowest BCUT2D eigenvalue weighted by Crippen LogP contribution is -2.35. The van der Waals surface area contributed by atoms with Crippen molar-refractivity contribution in [2.45, 2.75) is 46.0 Å². The number of hydrogen-bond donors (Lipinski definition) is 0. The van der Waals surface area contributed by atoms with Gasteiger partial charge >= 0.3 is 0 Å².